The van der Waals surface area contributed by atoms with Gasteiger partial charge in [-0.1, -0.05) is 18.2 Å². The Morgan fingerprint density at radius 2 is 1.57 bits per heavy atom. The number of rotatable bonds is 2. The summed E-state index contributed by atoms with van der Waals surface area (Å²) in [5.41, 5.74) is 0. The zero-order valence-corrected chi connectivity index (χ0v) is 12.0. The summed E-state index contributed by atoms with van der Waals surface area (Å²) in [5, 5.41) is 2.04. The van der Waals surface area contributed by atoms with E-state index in [-0.39, 0.29) is 28.3 Å². The molecule has 0 spiro atoms. The molecular formula is C12H20PPd+. The molecule has 0 radical (unpaired) electrons. The van der Waals surface area contributed by atoms with E-state index in [1.807, 2.05) is 0 Å². The van der Waals surface area contributed by atoms with Gasteiger partial charge >= 0.3 is 0 Å². The molecule has 0 saturated carbocycles. The zero-order valence-electron chi connectivity index (χ0n) is 9.41. The smallest absolute Gasteiger partial charge is 0.0620 e. The van der Waals surface area contributed by atoms with Crippen LogP contribution in [0.3, 0.4) is 0 Å². The predicted octanol–water partition coefficient (Wildman–Crippen LogP) is 3.34. The molecule has 1 aromatic rings. The van der Waals surface area contributed by atoms with Crippen LogP contribution in [0.2, 0.25) is 0 Å². The molecular weight excluding hydrogens is 282 g/mol. The molecule has 0 fully saturated rings. The van der Waals surface area contributed by atoms with Gasteiger partial charge in [-0.2, -0.15) is 0 Å². The minimum absolute atomic E-state index is 0. The van der Waals surface area contributed by atoms with Crippen molar-refractivity contribution in [2.24, 2.45) is 0 Å². The van der Waals surface area contributed by atoms with E-state index in [1.165, 1.54) is 6.16 Å². The Labute approximate surface area is 103 Å². The first-order chi connectivity index (χ1) is 6.05. The Morgan fingerprint density at radius 3 is 1.93 bits per heavy atom. The average Bonchev–Trinajstić information content (AvgIpc) is 2.05. The van der Waals surface area contributed by atoms with Crippen LogP contribution in [0.15, 0.2) is 30.3 Å². The van der Waals surface area contributed by atoms with Crippen molar-refractivity contribution in [3.63, 3.8) is 0 Å². The van der Waals surface area contributed by atoms with Crippen LogP contribution in [0.1, 0.15) is 27.7 Å². The van der Waals surface area contributed by atoms with E-state index in [0.29, 0.717) is 5.16 Å². The molecule has 0 amide bonds. The summed E-state index contributed by atoms with van der Waals surface area (Å²) >= 11 is 0. The Bertz CT molecular complexity index is 251. The molecule has 0 saturated heterocycles. The van der Waals surface area contributed by atoms with Gasteiger partial charge in [-0.15, -0.1) is 0 Å². The van der Waals surface area contributed by atoms with Crippen molar-refractivity contribution < 1.29 is 20.4 Å². The van der Waals surface area contributed by atoms with Crippen LogP contribution in [-0.2, 0) is 20.4 Å². The summed E-state index contributed by atoms with van der Waals surface area (Å²) in [6, 6.07) is 11.0. The maximum absolute atomic E-state index is 2.36. The van der Waals surface area contributed by atoms with Crippen molar-refractivity contribution >= 4 is 13.2 Å². The molecule has 1 atom stereocenters. The molecule has 0 N–H and O–H groups in total. The van der Waals surface area contributed by atoms with Crippen LogP contribution in [0.4, 0.5) is 0 Å². The van der Waals surface area contributed by atoms with Crippen LogP contribution in [0.5, 0.6) is 0 Å². The third-order valence-electron chi connectivity index (χ3n) is 2.38. The first-order valence-electron chi connectivity index (χ1n) is 4.97. The van der Waals surface area contributed by atoms with Crippen LogP contribution in [0, 0.1) is 0 Å². The van der Waals surface area contributed by atoms with E-state index in [2.05, 4.69) is 58.0 Å². The van der Waals surface area contributed by atoms with E-state index < -0.39 is 0 Å². The molecule has 82 valence electrons. The van der Waals surface area contributed by atoms with E-state index in [4.69, 9.17) is 0 Å². The SMILES string of the molecule is CC[PH+](c1ccccc1)C(C)(C)C.[Pd]. The van der Waals surface area contributed by atoms with Gasteiger partial charge in [0.25, 0.3) is 0 Å². The van der Waals surface area contributed by atoms with E-state index in [9.17, 15) is 0 Å². The molecule has 1 rings (SSSR count). The van der Waals surface area contributed by atoms with Crippen LogP contribution in [0.25, 0.3) is 0 Å². The summed E-state index contributed by atoms with van der Waals surface area (Å²) < 4.78 is 0. The molecule has 2 heteroatoms. The second-order valence-electron chi connectivity index (χ2n) is 4.45. The first-order valence-corrected chi connectivity index (χ1v) is 6.68. The zero-order chi connectivity index (χ0) is 9.90. The van der Waals surface area contributed by atoms with Crippen molar-refractivity contribution in [2.75, 3.05) is 6.16 Å². The van der Waals surface area contributed by atoms with Gasteiger partial charge in [0.05, 0.1) is 16.6 Å². The van der Waals surface area contributed by atoms with Gasteiger partial charge in [0.2, 0.25) is 0 Å². The van der Waals surface area contributed by atoms with E-state index >= 15 is 0 Å². The maximum atomic E-state index is 2.36. The van der Waals surface area contributed by atoms with Gasteiger partial charge in [-0.25, -0.2) is 0 Å². The first kappa shape index (κ1) is 14.3. The molecule has 14 heavy (non-hydrogen) atoms. The fourth-order valence-corrected chi connectivity index (χ4v) is 4.74. The van der Waals surface area contributed by atoms with Crippen LogP contribution >= 0.6 is 7.92 Å². The van der Waals surface area contributed by atoms with Gasteiger partial charge in [0, 0.05) is 28.3 Å². The minimum atomic E-state index is -0.377. The fourth-order valence-electron chi connectivity index (χ4n) is 1.81. The van der Waals surface area contributed by atoms with E-state index in [1.54, 1.807) is 5.30 Å². The molecule has 1 aromatic carbocycles. The van der Waals surface area contributed by atoms with Gasteiger partial charge in [0.1, 0.15) is 0 Å². The van der Waals surface area contributed by atoms with Crippen LogP contribution in [-0.4, -0.2) is 11.3 Å². The summed E-state index contributed by atoms with van der Waals surface area (Å²) in [4.78, 5) is 0. The van der Waals surface area contributed by atoms with Gasteiger partial charge in [-0.3, -0.25) is 0 Å². The van der Waals surface area contributed by atoms with Gasteiger partial charge in [-0.05, 0) is 39.8 Å². The predicted molar refractivity (Wildman–Crippen MR) is 64.7 cm³/mol. The van der Waals surface area contributed by atoms with Gasteiger partial charge in [0.15, 0.2) is 0 Å². The number of benzene rings is 1. The van der Waals surface area contributed by atoms with Crippen LogP contribution < -0.4 is 5.30 Å². The summed E-state index contributed by atoms with van der Waals surface area (Å²) in [5.74, 6) is 0. The molecule has 0 aromatic heterocycles. The maximum Gasteiger partial charge on any atom is 0.0920 e. The van der Waals surface area contributed by atoms with Gasteiger partial charge < -0.3 is 0 Å². The molecule has 0 aliphatic heterocycles. The summed E-state index contributed by atoms with van der Waals surface area (Å²) in [6.07, 6.45) is 1.32. The Morgan fingerprint density at radius 1 is 1.07 bits per heavy atom. The topological polar surface area (TPSA) is 0 Å². The summed E-state index contributed by atoms with van der Waals surface area (Å²) in [6.45, 7) is 9.39. The Hall–Kier alpha value is 0.312. The second kappa shape index (κ2) is 6.02. The number of hydrogen-bond donors (Lipinski definition) is 0. The normalized spacial score (nSPS) is 13.1. The summed E-state index contributed by atoms with van der Waals surface area (Å²) in [7, 11) is -0.377. The number of hydrogen-bond acceptors (Lipinski definition) is 0. The van der Waals surface area contributed by atoms with Crippen molar-refractivity contribution in [1.82, 2.24) is 0 Å². The second-order valence-corrected chi connectivity index (χ2v) is 8.19. The molecule has 1 unspecified atom stereocenters. The van der Waals surface area contributed by atoms with E-state index in [0.717, 1.165) is 0 Å². The molecule has 0 aliphatic carbocycles. The standard InChI is InChI=1S/C12H19P.Pd/c1-5-13(12(2,3)4)11-9-7-6-8-10-11;/h6-10H,5H2,1-4H3;/p+1. The molecule has 0 bridgehead atoms. The monoisotopic (exact) mass is 301 g/mol. The van der Waals surface area contributed by atoms with Crippen molar-refractivity contribution in [2.45, 2.75) is 32.9 Å². The van der Waals surface area contributed by atoms with Crippen molar-refractivity contribution in [3.8, 4) is 0 Å². The molecule has 0 aliphatic rings. The largest absolute Gasteiger partial charge is 0.0920 e. The third-order valence-corrected chi connectivity index (χ3v) is 5.93. The fraction of sp³-hybridized carbons (Fsp3) is 0.500. The quantitative estimate of drug-likeness (QED) is 0.580. The Balaban J connectivity index is 0.00000169. The third kappa shape index (κ3) is 3.82. The molecule has 0 nitrogen and oxygen atoms in total. The average molecular weight is 302 g/mol. The Kier molecular flexibility index (Phi) is 6.15. The van der Waals surface area contributed by atoms with Crippen molar-refractivity contribution in [1.29, 1.82) is 0 Å². The minimum Gasteiger partial charge on any atom is -0.0620 e. The molecule has 0 heterocycles. The van der Waals surface area contributed by atoms with Crippen molar-refractivity contribution in [3.05, 3.63) is 30.3 Å².